The first kappa shape index (κ1) is 13.9. The van der Waals surface area contributed by atoms with Gasteiger partial charge in [0.2, 0.25) is 0 Å². The first-order chi connectivity index (χ1) is 6.68. The van der Waals surface area contributed by atoms with Crippen LogP contribution >= 0.6 is 0 Å². The van der Waals surface area contributed by atoms with Crippen molar-refractivity contribution in [3.8, 4) is 6.57 Å². The first-order valence-electron chi connectivity index (χ1n) is 4.11. The van der Waals surface area contributed by atoms with E-state index in [9.17, 15) is 13.2 Å². The molecule has 0 saturated heterocycles. The third-order valence-corrected chi connectivity index (χ3v) is 2.61. The SMILES string of the molecule is C#[N+]CC(C)(C)OCS(=O)(=O)CC(=O)O. The molecule has 7 heteroatoms. The number of rotatable bonds is 6. The molecule has 0 radical (unpaired) electrons. The summed E-state index contributed by atoms with van der Waals surface area (Å²) in [5.74, 6) is -3.00. The fraction of sp³-hybridized carbons (Fsp3) is 0.750. The fourth-order valence-electron chi connectivity index (χ4n) is 0.745. The average Bonchev–Trinajstić information content (AvgIpc) is 1.99. The Labute approximate surface area is 88.6 Å². The van der Waals surface area contributed by atoms with E-state index >= 15 is 0 Å². The maximum absolute atomic E-state index is 11.1. The Morgan fingerprint density at radius 3 is 2.47 bits per heavy atom. The van der Waals surface area contributed by atoms with E-state index in [1.54, 1.807) is 13.8 Å². The van der Waals surface area contributed by atoms with Gasteiger partial charge in [0, 0.05) is 0 Å². The highest BCUT2D eigenvalue weighted by Crippen LogP contribution is 2.10. The summed E-state index contributed by atoms with van der Waals surface area (Å²) >= 11 is 0. The number of aliphatic carboxylic acids is 1. The number of carbonyl (C=O) groups is 1. The molecule has 6 nitrogen and oxygen atoms in total. The molecule has 0 amide bonds. The molecular formula is C8H14NO5S+. The molecule has 0 bridgehead atoms. The van der Waals surface area contributed by atoms with E-state index in [0.29, 0.717) is 0 Å². The van der Waals surface area contributed by atoms with Gasteiger partial charge >= 0.3 is 5.97 Å². The van der Waals surface area contributed by atoms with Crippen LogP contribution in [0.15, 0.2) is 0 Å². The lowest BCUT2D eigenvalue weighted by molar-refractivity contribution is -0.134. The second kappa shape index (κ2) is 5.09. The van der Waals surface area contributed by atoms with Gasteiger partial charge in [0.1, 0.15) is 17.3 Å². The van der Waals surface area contributed by atoms with Crippen molar-refractivity contribution in [3.63, 3.8) is 0 Å². The maximum atomic E-state index is 11.1. The van der Waals surface area contributed by atoms with E-state index in [-0.39, 0.29) is 6.54 Å². The van der Waals surface area contributed by atoms with Crippen molar-refractivity contribution < 1.29 is 23.1 Å². The zero-order chi connectivity index (χ0) is 12.1. The lowest BCUT2D eigenvalue weighted by atomic mass is 10.1. The largest absolute Gasteiger partial charge is 0.480 e. The normalized spacial score (nSPS) is 12.1. The molecule has 0 aliphatic heterocycles. The topological polar surface area (TPSA) is 85.0 Å². The summed E-state index contributed by atoms with van der Waals surface area (Å²) in [5, 5.41) is 8.31. The molecule has 0 aromatic rings. The zero-order valence-electron chi connectivity index (χ0n) is 8.63. The van der Waals surface area contributed by atoms with E-state index in [4.69, 9.17) is 16.4 Å². The molecule has 0 rings (SSSR count). The standard InChI is InChI=1S/C8H13NO5S/c1-8(2,5-9-3)14-6-15(12,13)4-7(10)11/h3H,4-6H2,1-2H3/p+1. The monoisotopic (exact) mass is 236 g/mol. The van der Waals surface area contributed by atoms with Gasteiger partial charge in [-0.1, -0.05) is 4.85 Å². The van der Waals surface area contributed by atoms with E-state index < -0.39 is 33.1 Å². The summed E-state index contributed by atoms with van der Waals surface area (Å²) in [7, 11) is -3.74. The minimum absolute atomic E-state index is 0.135. The predicted molar refractivity (Wildman–Crippen MR) is 54.6 cm³/mol. The molecule has 0 heterocycles. The summed E-state index contributed by atoms with van der Waals surface area (Å²) in [6.07, 6.45) is 0. The molecule has 0 unspecified atom stereocenters. The lowest BCUT2D eigenvalue weighted by Crippen LogP contribution is -2.32. The van der Waals surface area contributed by atoms with Crippen molar-refractivity contribution in [1.82, 2.24) is 0 Å². The highest BCUT2D eigenvalue weighted by Gasteiger charge is 2.27. The number of carboxylic acids is 1. The van der Waals surface area contributed by atoms with Gasteiger partial charge in [-0.25, -0.2) is 8.42 Å². The molecule has 0 aliphatic carbocycles. The molecule has 0 aromatic heterocycles. The minimum Gasteiger partial charge on any atom is -0.480 e. The second-order valence-corrected chi connectivity index (χ2v) is 5.66. The van der Waals surface area contributed by atoms with Gasteiger partial charge in [-0.2, -0.15) is 0 Å². The summed E-state index contributed by atoms with van der Waals surface area (Å²) in [5.41, 5.74) is -0.819. The zero-order valence-corrected chi connectivity index (χ0v) is 9.45. The highest BCUT2D eigenvalue weighted by molar-refractivity contribution is 7.91. The molecular weight excluding hydrogens is 222 g/mol. The van der Waals surface area contributed by atoms with Crippen molar-refractivity contribution in [3.05, 3.63) is 4.85 Å². The fourth-order valence-corrected chi connectivity index (χ4v) is 1.70. The van der Waals surface area contributed by atoms with Gasteiger partial charge in [0.15, 0.2) is 9.84 Å². The van der Waals surface area contributed by atoms with E-state index in [2.05, 4.69) is 4.85 Å². The Balaban J connectivity index is 4.28. The van der Waals surface area contributed by atoms with Crippen LogP contribution in [-0.4, -0.2) is 43.3 Å². The van der Waals surface area contributed by atoms with Gasteiger partial charge in [-0.15, -0.1) is 0 Å². The Bertz CT molecular complexity index is 365. The van der Waals surface area contributed by atoms with Gasteiger partial charge in [-0.3, -0.25) is 4.79 Å². The number of hydrogen-bond acceptors (Lipinski definition) is 4. The number of hydrogen-bond donors (Lipinski definition) is 1. The van der Waals surface area contributed by atoms with Crippen molar-refractivity contribution in [2.24, 2.45) is 0 Å². The number of ether oxygens (including phenoxy) is 1. The molecule has 0 aliphatic rings. The van der Waals surface area contributed by atoms with Crippen LogP contribution in [0.5, 0.6) is 0 Å². The van der Waals surface area contributed by atoms with E-state index in [1.807, 2.05) is 0 Å². The molecule has 86 valence electrons. The number of nitrogens with zero attached hydrogens (tertiary/aromatic N) is 1. The summed E-state index contributed by atoms with van der Waals surface area (Å²) in [4.78, 5) is 13.5. The molecule has 0 spiro atoms. The van der Waals surface area contributed by atoms with Crippen LogP contribution in [0.25, 0.3) is 4.85 Å². The maximum Gasteiger partial charge on any atom is 0.318 e. The Morgan fingerprint density at radius 2 is 2.07 bits per heavy atom. The molecule has 15 heavy (non-hydrogen) atoms. The van der Waals surface area contributed by atoms with E-state index in [0.717, 1.165) is 0 Å². The molecule has 1 N–H and O–H groups in total. The van der Waals surface area contributed by atoms with Crippen LogP contribution in [0, 0.1) is 6.57 Å². The van der Waals surface area contributed by atoms with Crippen LogP contribution in [-0.2, 0) is 19.4 Å². The van der Waals surface area contributed by atoms with Crippen LogP contribution in [0.4, 0.5) is 0 Å². The lowest BCUT2D eigenvalue weighted by Gasteiger charge is -2.17. The Morgan fingerprint density at radius 1 is 1.53 bits per heavy atom. The first-order valence-corrected chi connectivity index (χ1v) is 5.93. The highest BCUT2D eigenvalue weighted by atomic mass is 32.2. The van der Waals surface area contributed by atoms with Gasteiger partial charge < -0.3 is 9.84 Å². The Kier molecular flexibility index (Phi) is 4.71. The second-order valence-electron chi connectivity index (χ2n) is 3.64. The van der Waals surface area contributed by atoms with Gasteiger partial charge in [-0.05, 0) is 13.8 Å². The Hall–Kier alpha value is -1.13. The smallest absolute Gasteiger partial charge is 0.318 e. The van der Waals surface area contributed by atoms with Crippen LogP contribution in [0.3, 0.4) is 0 Å². The summed E-state index contributed by atoms with van der Waals surface area (Å²) < 4.78 is 27.3. The van der Waals surface area contributed by atoms with Crippen molar-refractivity contribution in [1.29, 1.82) is 0 Å². The van der Waals surface area contributed by atoms with Gasteiger partial charge in [0.25, 0.3) is 13.1 Å². The molecule has 0 saturated carbocycles. The predicted octanol–water partition coefficient (Wildman–Crippen LogP) is 0.201. The molecule has 0 atom stereocenters. The molecule has 0 fully saturated rings. The van der Waals surface area contributed by atoms with Crippen molar-refractivity contribution in [2.45, 2.75) is 19.4 Å². The van der Waals surface area contributed by atoms with E-state index in [1.165, 1.54) is 0 Å². The van der Waals surface area contributed by atoms with Crippen molar-refractivity contribution >= 4 is 15.8 Å². The third kappa shape index (κ3) is 6.88. The van der Waals surface area contributed by atoms with Crippen molar-refractivity contribution in [2.75, 3.05) is 18.2 Å². The minimum atomic E-state index is -3.74. The molecule has 0 aromatic carbocycles. The number of carboxylic acid groups (broad SMARTS) is 1. The summed E-state index contributed by atoms with van der Waals surface area (Å²) in [6.45, 7) is 8.29. The summed E-state index contributed by atoms with van der Waals surface area (Å²) in [6, 6.07) is 0. The third-order valence-electron chi connectivity index (χ3n) is 1.44. The average molecular weight is 236 g/mol. The van der Waals surface area contributed by atoms with Crippen LogP contribution < -0.4 is 0 Å². The van der Waals surface area contributed by atoms with Crippen LogP contribution in [0.1, 0.15) is 13.8 Å². The van der Waals surface area contributed by atoms with Gasteiger partial charge in [0.05, 0.1) is 0 Å². The number of sulfone groups is 1. The quantitative estimate of drug-likeness (QED) is 0.712. The van der Waals surface area contributed by atoms with Crippen LogP contribution in [0.2, 0.25) is 0 Å².